The normalized spacial score (nSPS) is 19.4. The van der Waals surface area contributed by atoms with Gasteiger partial charge in [-0.2, -0.15) is 0 Å². The Hall–Kier alpha value is -0.970. The largest absolute Gasteiger partial charge is 0.379 e. The summed E-state index contributed by atoms with van der Waals surface area (Å²) in [5, 5.41) is 3.27. The molecular weight excluding hydrogens is 243 g/mol. The van der Waals surface area contributed by atoms with Crippen LogP contribution in [0.4, 0.5) is 4.39 Å². The summed E-state index contributed by atoms with van der Waals surface area (Å²) in [7, 11) is 1.89. The Labute approximate surface area is 114 Å². The molecule has 1 fully saturated rings. The van der Waals surface area contributed by atoms with Gasteiger partial charge in [0.15, 0.2) is 0 Å². The van der Waals surface area contributed by atoms with E-state index in [1.165, 1.54) is 6.07 Å². The van der Waals surface area contributed by atoms with Gasteiger partial charge in [-0.15, -0.1) is 0 Å². The Balaban J connectivity index is 2.27. The van der Waals surface area contributed by atoms with E-state index in [9.17, 15) is 4.39 Å². The molecule has 0 aliphatic carbocycles. The van der Waals surface area contributed by atoms with E-state index in [0.717, 1.165) is 31.9 Å². The molecule has 1 aromatic carbocycles. The van der Waals surface area contributed by atoms with Gasteiger partial charge in [0.05, 0.1) is 19.3 Å². The third kappa shape index (κ3) is 2.96. The lowest BCUT2D eigenvalue weighted by atomic mass is 9.86. The van der Waals surface area contributed by atoms with Gasteiger partial charge in [0, 0.05) is 24.2 Å². The van der Waals surface area contributed by atoms with Gasteiger partial charge in [-0.3, -0.25) is 4.90 Å². The molecule has 1 aliphatic heterocycles. The van der Waals surface area contributed by atoms with Crippen molar-refractivity contribution in [2.45, 2.75) is 25.4 Å². The minimum Gasteiger partial charge on any atom is -0.379 e. The minimum absolute atomic E-state index is 0.0493. The second kappa shape index (κ2) is 5.99. The van der Waals surface area contributed by atoms with Gasteiger partial charge < -0.3 is 10.1 Å². The molecule has 1 aliphatic rings. The van der Waals surface area contributed by atoms with Crippen LogP contribution in [0.3, 0.4) is 0 Å². The average Bonchev–Trinajstić information content (AvgIpc) is 2.42. The maximum atomic E-state index is 14.0. The molecule has 0 bridgehead atoms. The molecule has 1 unspecified atom stereocenters. The first-order valence-corrected chi connectivity index (χ1v) is 6.82. The number of nitrogens with zero attached hydrogens (tertiary/aromatic N) is 1. The van der Waals surface area contributed by atoms with Crippen LogP contribution in [0.5, 0.6) is 0 Å². The van der Waals surface area contributed by atoms with Crippen molar-refractivity contribution < 1.29 is 9.13 Å². The van der Waals surface area contributed by atoms with Crippen molar-refractivity contribution >= 4 is 0 Å². The maximum Gasteiger partial charge on any atom is 0.128 e. The van der Waals surface area contributed by atoms with Crippen LogP contribution in [0.2, 0.25) is 0 Å². The number of ether oxygens (including phenoxy) is 1. The molecule has 19 heavy (non-hydrogen) atoms. The number of nitrogens with one attached hydrogen (secondary N) is 1. The van der Waals surface area contributed by atoms with Crippen molar-refractivity contribution in [2.75, 3.05) is 33.4 Å². The van der Waals surface area contributed by atoms with Gasteiger partial charge in [0.1, 0.15) is 5.82 Å². The van der Waals surface area contributed by atoms with Gasteiger partial charge in [0.2, 0.25) is 0 Å². The van der Waals surface area contributed by atoms with Crippen LogP contribution in [-0.2, 0) is 4.74 Å². The quantitative estimate of drug-likeness (QED) is 0.904. The van der Waals surface area contributed by atoms with Crippen LogP contribution in [-0.4, -0.2) is 43.8 Å². The topological polar surface area (TPSA) is 24.5 Å². The first kappa shape index (κ1) is 14.4. The van der Waals surface area contributed by atoms with Gasteiger partial charge >= 0.3 is 0 Å². The van der Waals surface area contributed by atoms with Crippen molar-refractivity contribution in [1.29, 1.82) is 0 Å². The molecule has 1 aromatic rings. The fourth-order valence-corrected chi connectivity index (χ4v) is 2.92. The zero-order valence-electron chi connectivity index (χ0n) is 11.9. The standard InChI is InChI=1S/C15H23FN2O/c1-15(2,18-8-10-19-11-9-18)14(17-3)12-6-4-5-7-13(12)16/h4-7,14,17H,8-11H2,1-3H3. The number of hydrogen-bond donors (Lipinski definition) is 1. The highest BCUT2D eigenvalue weighted by atomic mass is 19.1. The second-order valence-corrected chi connectivity index (χ2v) is 5.50. The van der Waals surface area contributed by atoms with E-state index in [1.54, 1.807) is 6.07 Å². The Morgan fingerprint density at radius 2 is 1.89 bits per heavy atom. The highest BCUT2D eigenvalue weighted by molar-refractivity contribution is 5.24. The van der Waals surface area contributed by atoms with Crippen LogP contribution in [0, 0.1) is 5.82 Å². The SMILES string of the molecule is CNC(c1ccccc1F)C(C)(C)N1CCOCC1. The summed E-state index contributed by atoms with van der Waals surface area (Å²) in [6.45, 7) is 7.59. The summed E-state index contributed by atoms with van der Waals surface area (Å²) in [5.74, 6) is -0.150. The fourth-order valence-electron chi connectivity index (χ4n) is 2.92. The minimum atomic E-state index is -0.166. The van der Waals surface area contributed by atoms with Gasteiger partial charge in [-0.25, -0.2) is 4.39 Å². The first-order chi connectivity index (χ1) is 9.07. The lowest BCUT2D eigenvalue weighted by molar-refractivity contribution is -0.0233. The van der Waals surface area contributed by atoms with Crippen molar-refractivity contribution in [3.8, 4) is 0 Å². The molecule has 1 N–H and O–H groups in total. The maximum absolute atomic E-state index is 14.0. The van der Waals surface area contributed by atoms with Gasteiger partial charge in [-0.1, -0.05) is 18.2 Å². The average molecular weight is 266 g/mol. The summed E-state index contributed by atoms with van der Waals surface area (Å²) < 4.78 is 19.4. The second-order valence-electron chi connectivity index (χ2n) is 5.50. The third-order valence-electron chi connectivity index (χ3n) is 4.04. The van der Waals surface area contributed by atoms with E-state index in [4.69, 9.17) is 4.74 Å². The molecule has 1 saturated heterocycles. The molecule has 0 spiro atoms. The number of morpholine rings is 1. The van der Waals surface area contributed by atoms with Crippen LogP contribution in [0.25, 0.3) is 0 Å². The predicted molar refractivity (Wildman–Crippen MR) is 74.7 cm³/mol. The molecular formula is C15H23FN2O. The Bertz CT molecular complexity index is 416. The van der Waals surface area contributed by atoms with E-state index < -0.39 is 0 Å². The zero-order chi connectivity index (χ0) is 13.9. The number of likely N-dealkylation sites (N-methyl/N-ethyl adjacent to an activating group) is 1. The van der Waals surface area contributed by atoms with Gasteiger partial charge in [-0.05, 0) is 27.0 Å². The van der Waals surface area contributed by atoms with E-state index in [1.807, 2.05) is 19.2 Å². The number of hydrogen-bond acceptors (Lipinski definition) is 3. The van der Waals surface area contributed by atoms with E-state index in [2.05, 4.69) is 24.1 Å². The molecule has 0 aromatic heterocycles. The molecule has 0 saturated carbocycles. The summed E-state index contributed by atoms with van der Waals surface area (Å²) in [6.07, 6.45) is 0. The Morgan fingerprint density at radius 1 is 1.26 bits per heavy atom. The van der Waals surface area contributed by atoms with Crippen molar-refractivity contribution in [1.82, 2.24) is 10.2 Å². The highest BCUT2D eigenvalue weighted by Gasteiger charge is 2.37. The van der Waals surface area contributed by atoms with Crippen LogP contribution < -0.4 is 5.32 Å². The Kier molecular flexibility index (Phi) is 4.55. The molecule has 4 heteroatoms. The Morgan fingerprint density at radius 3 is 2.47 bits per heavy atom. The number of rotatable bonds is 4. The first-order valence-electron chi connectivity index (χ1n) is 6.82. The van der Waals surface area contributed by atoms with Crippen molar-refractivity contribution in [2.24, 2.45) is 0 Å². The molecule has 1 heterocycles. The van der Waals surface area contributed by atoms with E-state index in [-0.39, 0.29) is 17.4 Å². The molecule has 0 amide bonds. The van der Waals surface area contributed by atoms with E-state index >= 15 is 0 Å². The molecule has 1 atom stereocenters. The smallest absolute Gasteiger partial charge is 0.128 e. The lowest BCUT2D eigenvalue weighted by Crippen LogP contribution is -2.55. The monoisotopic (exact) mass is 266 g/mol. The van der Waals surface area contributed by atoms with Crippen LogP contribution in [0.15, 0.2) is 24.3 Å². The lowest BCUT2D eigenvalue weighted by Gasteiger charge is -2.46. The molecule has 0 radical (unpaired) electrons. The van der Waals surface area contributed by atoms with Crippen LogP contribution in [0.1, 0.15) is 25.5 Å². The highest BCUT2D eigenvalue weighted by Crippen LogP contribution is 2.32. The van der Waals surface area contributed by atoms with E-state index in [0.29, 0.717) is 0 Å². The molecule has 3 nitrogen and oxygen atoms in total. The summed E-state index contributed by atoms with van der Waals surface area (Å²) in [6, 6.07) is 6.95. The number of halogens is 1. The predicted octanol–water partition coefficient (Wildman–Crippen LogP) is 2.20. The number of benzene rings is 1. The third-order valence-corrected chi connectivity index (χ3v) is 4.04. The van der Waals surface area contributed by atoms with Crippen molar-refractivity contribution in [3.05, 3.63) is 35.6 Å². The van der Waals surface area contributed by atoms with Crippen LogP contribution >= 0.6 is 0 Å². The molecule has 106 valence electrons. The zero-order valence-corrected chi connectivity index (χ0v) is 11.9. The van der Waals surface area contributed by atoms with Gasteiger partial charge in [0.25, 0.3) is 0 Å². The fraction of sp³-hybridized carbons (Fsp3) is 0.600. The summed E-state index contributed by atoms with van der Waals surface area (Å²) in [4.78, 5) is 2.37. The summed E-state index contributed by atoms with van der Waals surface area (Å²) in [5.41, 5.74) is 0.558. The summed E-state index contributed by atoms with van der Waals surface area (Å²) >= 11 is 0. The van der Waals surface area contributed by atoms with Crippen molar-refractivity contribution in [3.63, 3.8) is 0 Å². The molecule has 2 rings (SSSR count).